The van der Waals surface area contributed by atoms with E-state index in [9.17, 15) is 9.59 Å². The first-order valence-electron chi connectivity index (χ1n) is 7.14. The summed E-state index contributed by atoms with van der Waals surface area (Å²) >= 11 is 0. The number of rotatable bonds is 5. The van der Waals surface area contributed by atoms with Crippen LogP contribution in [-0.4, -0.2) is 51.3 Å². The second-order valence-electron chi connectivity index (χ2n) is 5.17. The van der Waals surface area contributed by atoms with E-state index >= 15 is 0 Å². The van der Waals surface area contributed by atoms with Crippen molar-refractivity contribution < 1.29 is 24.9 Å². The summed E-state index contributed by atoms with van der Waals surface area (Å²) in [6.07, 6.45) is -2.93. The zero-order valence-electron chi connectivity index (χ0n) is 13.1. The highest BCUT2D eigenvalue weighted by Gasteiger charge is 2.22. The summed E-state index contributed by atoms with van der Waals surface area (Å²) in [6.45, 7) is 4.96. The molecule has 1 heterocycles. The fourth-order valence-electron chi connectivity index (χ4n) is 2.24. The SMILES string of the molecule is Cc1[nH]c2c(C)cccc2c1CCN.O=CC(O)C(O)C(=O)O. The zero-order chi connectivity index (χ0) is 17.6. The first kappa shape index (κ1) is 18.8. The van der Waals surface area contributed by atoms with Gasteiger partial charge in [0.15, 0.2) is 12.4 Å². The summed E-state index contributed by atoms with van der Waals surface area (Å²) in [4.78, 5) is 22.7. The van der Waals surface area contributed by atoms with Gasteiger partial charge in [-0.3, -0.25) is 0 Å². The molecule has 23 heavy (non-hydrogen) atoms. The number of carboxylic acids is 1. The number of carbonyl (C=O) groups excluding carboxylic acids is 1. The maximum absolute atomic E-state index is 9.73. The first-order chi connectivity index (χ1) is 10.8. The highest BCUT2D eigenvalue weighted by molar-refractivity contribution is 5.87. The maximum atomic E-state index is 9.73. The van der Waals surface area contributed by atoms with Crippen LogP contribution >= 0.6 is 0 Å². The van der Waals surface area contributed by atoms with Crippen molar-refractivity contribution in [3.05, 3.63) is 35.0 Å². The molecule has 2 atom stereocenters. The number of carboxylic acid groups (broad SMARTS) is 1. The van der Waals surface area contributed by atoms with Crippen LogP contribution in [0.4, 0.5) is 0 Å². The highest BCUT2D eigenvalue weighted by Crippen LogP contribution is 2.24. The lowest BCUT2D eigenvalue weighted by Crippen LogP contribution is -2.34. The number of hydrogen-bond donors (Lipinski definition) is 5. The van der Waals surface area contributed by atoms with E-state index in [1.165, 1.54) is 27.7 Å². The number of aryl methyl sites for hydroxylation is 2. The lowest BCUT2D eigenvalue weighted by atomic mass is 10.1. The molecule has 0 aliphatic carbocycles. The van der Waals surface area contributed by atoms with E-state index in [4.69, 9.17) is 21.1 Å². The summed E-state index contributed by atoms with van der Waals surface area (Å²) < 4.78 is 0. The number of para-hydroxylation sites is 1. The van der Waals surface area contributed by atoms with Gasteiger partial charge in [-0.25, -0.2) is 4.79 Å². The van der Waals surface area contributed by atoms with Gasteiger partial charge in [-0.05, 0) is 37.9 Å². The monoisotopic (exact) mass is 322 g/mol. The van der Waals surface area contributed by atoms with E-state index in [-0.39, 0.29) is 6.29 Å². The predicted molar refractivity (Wildman–Crippen MR) is 86.2 cm³/mol. The molecule has 0 saturated heterocycles. The Labute approximate surface area is 133 Å². The molecule has 2 unspecified atom stereocenters. The summed E-state index contributed by atoms with van der Waals surface area (Å²) in [5, 5.41) is 25.9. The number of benzene rings is 1. The molecular weight excluding hydrogens is 300 g/mol. The molecule has 1 aromatic heterocycles. The van der Waals surface area contributed by atoms with Crippen LogP contribution in [0.15, 0.2) is 18.2 Å². The molecule has 2 rings (SSSR count). The molecule has 0 radical (unpaired) electrons. The molecule has 6 N–H and O–H groups in total. The van der Waals surface area contributed by atoms with Gasteiger partial charge in [0.25, 0.3) is 0 Å². The fourth-order valence-corrected chi connectivity index (χ4v) is 2.24. The number of aldehydes is 1. The Hall–Kier alpha value is -2.22. The Kier molecular flexibility index (Phi) is 6.89. The average Bonchev–Trinajstić information content (AvgIpc) is 2.84. The summed E-state index contributed by atoms with van der Waals surface area (Å²) in [6, 6.07) is 6.40. The molecule has 0 bridgehead atoms. The largest absolute Gasteiger partial charge is 0.479 e. The van der Waals surface area contributed by atoms with Crippen LogP contribution in [0.1, 0.15) is 16.8 Å². The molecule has 7 nitrogen and oxygen atoms in total. The molecule has 0 aliphatic heterocycles. The summed E-state index contributed by atoms with van der Waals surface area (Å²) in [7, 11) is 0. The minimum Gasteiger partial charge on any atom is -0.479 e. The normalized spacial score (nSPS) is 13.1. The van der Waals surface area contributed by atoms with Gasteiger partial charge >= 0.3 is 5.97 Å². The lowest BCUT2D eigenvalue weighted by Gasteiger charge is -2.04. The maximum Gasteiger partial charge on any atom is 0.335 e. The Morgan fingerprint density at radius 3 is 2.48 bits per heavy atom. The number of aliphatic hydroxyl groups is 2. The number of hydrogen-bond acceptors (Lipinski definition) is 5. The second-order valence-corrected chi connectivity index (χ2v) is 5.17. The molecule has 1 aromatic carbocycles. The van der Waals surface area contributed by atoms with E-state index in [1.54, 1.807) is 0 Å². The van der Waals surface area contributed by atoms with Crippen molar-refractivity contribution in [1.82, 2.24) is 4.98 Å². The molecule has 126 valence electrons. The third-order valence-corrected chi connectivity index (χ3v) is 3.47. The van der Waals surface area contributed by atoms with Crippen LogP contribution in [0.3, 0.4) is 0 Å². The van der Waals surface area contributed by atoms with Gasteiger partial charge < -0.3 is 30.8 Å². The van der Waals surface area contributed by atoms with E-state index in [0.29, 0.717) is 6.54 Å². The molecule has 0 aliphatic rings. The van der Waals surface area contributed by atoms with Crippen molar-refractivity contribution in [2.75, 3.05) is 6.54 Å². The number of nitrogens with two attached hydrogens (primary N) is 1. The van der Waals surface area contributed by atoms with Gasteiger partial charge in [-0.15, -0.1) is 0 Å². The second kappa shape index (κ2) is 8.42. The minimum absolute atomic E-state index is 0.0429. The van der Waals surface area contributed by atoms with Crippen molar-refractivity contribution in [3.8, 4) is 0 Å². The van der Waals surface area contributed by atoms with Gasteiger partial charge in [0.2, 0.25) is 0 Å². The number of aliphatic hydroxyl groups excluding tert-OH is 2. The zero-order valence-corrected chi connectivity index (χ0v) is 13.1. The number of carbonyl (C=O) groups is 2. The van der Waals surface area contributed by atoms with Crippen LogP contribution in [0.5, 0.6) is 0 Å². The van der Waals surface area contributed by atoms with Crippen molar-refractivity contribution in [3.63, 3.8) is 0 Å². The van der Waals surface area contributed by atoms with Crippen LogP contribution < -0.4 is 5.73 Å². The summed E-state index contributed by atoms with van der Waals surface area (Å²) in [5.74, 6) is -1.62. The van der Waals surface area contributed by atoms with Crippen LogP contribution in [-0.2, 0) is 16.0 Å². The molecule has 0 amide bonds. The quantitative estimate of drug-likeness (QED) is 0.501. The number of aromatic amines is 1. The standard InChI is InChI=1S/C12H16N2.C4H6O5/c1-8-4-3-5-11-10(6-7-13)9(2)14-12(8)11;5-1-2(6)3(7)4(8)9/h3-5,14H,6-7,13H2,1-2H3;1-3,6-7H,(H,8,9). The summed E-state index contributed by atoms with van der Waals surface area (Å²) in [5.41, 5.74) is 10.8. The molecular formula is C16H22N2O5. The van der Waals surface area contributed by atoms with Gasteiger partial charge in [0.05, 0.1) is 0 Å². The van der Waals surface area contributed by atoms with Crippen LogP contribution in [0.25, 0.3) is 10.9 Å². The van der Waals surface area contributed by atoms with Gasteiger partial charge in [-0.2, -0.15) is 0 Å². The molecule has 0 spiro atoms. The predicted octanol–water partition coefficient (Wildman–Crippen LogP) is 0.278. The fraction of sp³-hybridized carbons (Fsp3) is 0.375. The Morgan fingerprint density at radius 1 is 1.35 bits per heavy atom. The highest BCUT2D eigenvalue weighted by atomic mass is 16.4. The topological polar surface area (TPSA) is 137 Å². The first-order valence-corrected chi connectivity index (χ1v) is 7.14. The van der Waals surface area contributed by atoms with E-state index < -0.39 is 18.2 Å². The smallest absolute Gasteiger partial charge is 0.335 e. The van der Waals surface area contributed by atoms with Crippen molar-refractivity contribution in [2.45, 2.75) is 32.5 Å². The number of aromatic nitrogens is 1. The lowest BCUT2D eigenvalue weighted by molar-refractivity contribution is -0.154. The Bertz CT molecular complexity index is 680. The third kappa shape index (κ3) is 4.62. The van der Waals surface area contributed by atoms with Gasteiger partial charge in [-0.1, -0.05) is 18.2 Å². The van der Waals surface area contributed by atoms with E-state index in [0.717, 1.165) is 6.42 Å². The van der Waals surface area contributed by atoms with Crippen molar-refractivity contribution in [1.29, 1.82) is 0 Å². The van der Waals surface area contributed by atoms with Crippen LogP contribution in [0.2, 0.25) is 0 Å². The molecule has 7 heteroatoms. The molecule has 0 saturated carbocycles. The third-order valence-electron chi connectivity index (χ3n) is 3.47. The van der Waals surface area contributed by atoms with Crippen molar-refractivity contribution in [2.24, 2.45) is 5.73 Å². The number of fused-ring (bicyclic) bond motifs is 1. The number of H-pyrrole nitrogens is 1. The van der Waals surface area contributed by atoms with E-state index in [1.807, 2.05) is 0 Å². The average molecular weight is 322 g/mol. The van der Waals surface area contributed by atoms with E-state index in [2.05, 4.69) is 37.0 Å². The molecule has 2 aromatic rings. The molecule has 0 fully saturated rings. The Balaban J connectivity index is 0.000000257. The van der Waals surface area contributed by atoms with Gasteiger partial charge in [0, 0.05) is 16.6 Å². The number of nitrogens with one attached hydrogen (secondary N) is 1. The minimum atomic E-state index is -2.01. The number of aliphatic carboxylic acids is 1. The van der Waals surface area contributed by atoms with Crippen molar-refractivity contribution >= 4 is 23.2 Å². The van der Waals surface area contributed by atoms with Gasteiger partial charge in [0.1, 0.15) is 6.10 Å². The Morgan fingerprint density at radius 2 is 2.00 bits per heavy atom. The van der Waals surface area contributed by atoms with Crippen LogP contribution in [0, 0.1) is 13.8 Å².